The second kappa shape index (κ2) is 3.96. The van der Waals surface area contributed by atoms with Gasteiger partial charge >= 0.3 is 0 Å². The van der Waals surface area contributed by atoms with Gasteiger partial charge < -0.3 is 10.5 Å². The molecule has 0 fully saturated rings. The van der Waals surface area contributed by atoms with Crippen LogP contribution < -0.4 is 10.5 Å². The number of thiocarbonyl (C=S) groups is 1. The van der Waals surface area contributed by atoms with Gasteiger partial charge in [-0.1, -0.05) is 12.2 Å². The summed E-state index contributed by atoms with van der Waals surface area (Å²) < 4.78 is 5.16. The Morgan fingerprint density at radius 2 is 2.25 bits per heavy atom. The summed E-state index contributed by atoms with van der Waals surface area (Å²) in [6.45, 7) is 2.38. The molecule has 0 radical (unpaired) electrons. The second-order valence-corrected chi connectivity index (χ2v) is 2.45. The van der Waals surface area contributed by atoms with Gasteiger partial charge in [0.2, 0.25) is 5.88 Å². The monoisotopic (exact) mass is 183 g/mol. The highest BCUT2D eigenvalue weighted by atomic mass is 32.1. The fourth-order valence-electron chi connectivity index (χ4n) is 0.737. The molecule has 0 spiro atoms. The molecule has 0 aliphatic heterocycles. The van der Waals surface area contributed by atoms with Crippen LogP contribution in [0.25, 0.3) is 0 Å². The lowest BCUT2D eigenvalue weighted by Gasteiger charge is -2.04. The van der Waals surface area contributed by atoms with Crippen molar-refractivity contribution >= 4 is 17.2 Å². The Bertz CT molecular complexity index is 290. The van der Waals surface area contributed by atoms with E-state index in [0.717, 1.165) is 0 Å². The molecule has 1 rings (SSSR count). The van der Waals surface area contributed by atoms with Crippen LogP contribution in [0.2, 0.25) is 0 Å². The smallest absolute Gasteiger partial charge is 0.243 e. The van der Waals surface area contributed by atoms with Gasteiger partial charge in [0, 0.05) is 12.4 Å². The molecule has 0 aliphatic rings. The third kappa shape index (κ3) is 1.88. The highest BCUT2D eigenvalue weighted by Gasteiger charge is 2.07. The van der Waals surface area contributed by atoms with E-state index in [1.165, 1.54) is 12.4 Å². The predicted molar refractivity (Wildman–Crippen MR) is 49.1 cm³/mol. The van der Waals surface area contributed by atoms with E-state index >= 15 is 0 Å². The van der Waals surface area contributed by atoms with Gasteiger partial charge in [0.15, 0.2) is 5.69 Å². The van der Waals surface area contributed by atoms with Crippen molar-refractivity contribution in [1.29, 1.82) is 0 Å². The molecule has 0 bridgehead atoms. The summed E-state index contributed by atoms with van der Waals surface area (Å²) in [5, 5.41) is 0. The maximum absolute atomic E-state index is 5.39. The first kappa shape index (κ1) is 8.86. The van der Waals surface area contributed by atoms with E-state index in [-0.39, 0.29) is 4.99 Å². The van der Waals surface area contributed by atoms with Crippen molar-refractivity contribution in [1.82, 2.24) is 9.97 Å². The Balaban J connectivity index is 3.00. The van der Waals surface area contributed by atoms with Gasteiger partial charge in [-0.3, -0.25) is 0 Å². The van der Waals surface area contributed by atoms with Crippen molar-refractivity contribution < 1.29 is 4.74 Å². The zero-order chi connectivity index (χ0) is 8.97. The van der Waals surface area contributed by atoms with Gasteiger partial charge in [-0.2, -0.15) is 0 Å². The highest BCUT2D eigenvalue weighted by molar-refractivity contribution is 7.80. The van der Waals surface area contributed by atoms with E-state index in [1.54, 1.807) is 0 Å². The maximum atomic E-state index is 5.39. The van der Waals surface area contributed by atoms with E-state index in [0.29, 0.717) is 18.2 Å². The lowest BCUT2D eigenvalue weighted by molar-refractivity contribution is 0.324. The van der Waals surface area contributed by atoms with Crippen LogP contribution in [0.1, 0.15) is 12.6 Å². The van der Waals surface area contributed by atoms with Gasteiger partial charge in [-0.25, -0.2) is 9.97 Å². The zero-order valence-electron chi connectivity index (χ0n) is 6.65. The molecule has 0 aromatic carbocycles. The first-order chi connectivity index (χ1) is 5.75. The van der Waals surface area contributed by atoms with Crippen LogP contribution in [-0.2, 0) is 0 Å². The number of aromatic nitrogens is 2. The van der Waals surface area contributed by atoms with Crippen molar-refractivity contribution in [3.8, 4) is 5.88 Å². The quantitative estimate of drug-likeness (QED) is 0.692. The largest absolute Gasteiger partial charge is 0.476 e. The zero-order valence-corrected chi connectivity index (χ0v) is 7.47. The highest BCUT2D eigenvalue weighted by Crippen LogP contribution is 2.10. The molecule has 0 atom stereocenters. The van der Waals surface area contributed by atoms with E-state index < -0.39 is 0 Å². The molecule has 5 heteroatoms. The summed E-state index contributed by atoms with van der Waals surface area (Å²) >= 11 is 4.76. The molecule has 12 heavy (non-hydrogen) atoms. The number of ether oxygens (including phenoxy) is 1. The summed E-state index contributed by atoms with van der Waals surface area (Å²) in [7, 11) is 0. The molecule has 64 valence electrons. The minimum Gasteiger partial charge on any atom is -0.476 e. The average Bonchev–Trinajstić information content (AvgIpc) is 2.05. The van der Waals surface area contributed by atoms with Gasteiger partial charge in [0.1, 0.15) is 4.99 Å². The molecular formula is C7H9N3OS. The molecule has 1 aromatic rings. The average molecular weight is 183 g/mol. The van der Waals surface area contributed by atoms with Crippen molar-refractivity contribution in [3.05, 3.63) is 18.1 Å². The van der Waals surface area contributed by atoms with Crippen LogP contribution >= 0.6 is 12.2 Å². The molecule has 1 heterocycles. The minimum atomic E-state index is 0.201. The van der Waals surface area contributed by atoms with Crippen LogP contribution in [-0.4, -0.2) is 21.6 Å². The first-order valence-electron chi connectivity index (χ1n) is 3.49. The molecule has 0 amide bonds. The van der Waals surface area contributed by atoms with Crippen LogP contribution in [0.15, 0.2) is 12.4 Å². The van der Waals surface area contributed by atoms with Crippen LogP contribution in [0.3, 0.4) is 0 Å². The number of rotatable bonds is 3. The Labute approximate surface area is 75.8 Å². The molecule has 1 aromatic heterocycles. The standard InChI is InChI=1S/C7H9N3OS/c1-2-11-7-5(6(8)12)9-3-4-10-7/h3-4H,2H2,1H3,(H2,8,12). The molecule has 0 saturated carbocycles. The minimum absolute atomic E-state index is 0.201. The Morgan fingerprint density at radius 3 is 2.83 bits per heavy atom. The first-order valence-corrected chi connectivity index (χ1v) is 3.90. The lowest BCUT2D eigenvalue weighted by Crippen LogP contribution is -2.14. The molecular weight excluding hydrogens is 174 g/mol. The van der Waals surface area contributed by atoms with Crippen LogP contribution in [0, 0.1) is 0 Å². The summed E-state index contributed by atoms with van der Waals surface area (Å²) in [4.78, 5) is 8.08. The SMILES string of the molecule is CCOc1nccnc1C(N)=S. The Kier molecular flexibility index (Phi) is 2.93. The number of nitrogens with two attached hydrogens (primary N) is 1. The fraction of sp³-hybridized carbons (Fsp3) is 0.286. The molecule has 4 nitrogen and oxygen atoms in total. The molecule has 0 unspecified atom stereocenters. The topological polar surface area (TPSA) is 61.0 Å². The van der Waals surface area contributed by atoms with E-state index in [9.17, 15) is 0 Å². The van der Waals surface area contributed by atoms with Crippen molar-refractivity contribution in [2.24, 2.45) is 5.73 Å². The number of hydrogen-bond donors (Lipinski definition) is 1. The van der Waals surface area contributed by atoms with Gasteiger partial charge in [-0.15, -0.1) is 0 Å². The van der Waals surface area contributed by atoms with E-state index in [2.05, 4.69) is 9.97 Å². The van der Waals surface area contributed by atoms with Gasteiger partial charge in [0.25, 0.3) is 0 Å². The molecule has 0 aliphatic carbocycles. The summed E-state index contributed by atoms with van der Waals surface area (Å²) in [5.41, 5.74) is 5.83. The third-order valence-corrected chi connectivity index (χ3v) is 1.37. The van der Waals surface area contributed by atoms with Crippen molar-refractivity contribution in [2.75, 3.05) is 6.61 Å². The summed E-state index contributed by atoms with van der Waals surface area (Å²) in [6.07, 6.45) is 3.06. The van der Waals surface area contributed by atoms with Gasteiger partial charge in [-0.05, 0) is 6.92 Å². The number of hydrogen-bond acceptors (Lipinski definition) is 4. The van der Waals surface area contributed by atoms with E-state index in [4.69, 9.17) is 22.7 Å². The predicted octanol–water partition coefficient (Wildman–Crippen LogP) is 0.510. The number of nitrogens with zero attached hydrogens (tertiary/aromatic N) is 2. The van der Waals surface area contributed by atoms with Crippen molar-refractivity contribution in [3.63, 3.8) is 0 Å². The summed E-state index contributed by atoms with van der Waals surface area (Å²) in [6, 6.07) is 0. The summed E-state index contributed by atoms with van der Waals surface area (Å²) in [5.74, 6) is 0.396. The molecule has 2 N–H and O–H groups in total. The normalized spacial score (nSPS) is 9.42. The Morgan fingerprint density at radius 1 is 1.58 bits per heavy atom. The van der Waals surface area contributed by atoms with Gasteiger partial charge in [0.05, 0.1) is 6.61 Å². The van der Waals surface area contributed by atoms with Crippen LogP contribution in [0.4, 0.5) is 0 Å². The third-order valence-electron chi connectivity index (χ3n) is 1.18. The fourth-order valence-corrected chi connectivity index (χ4v) is 0.877. The van der Waals surface area contributed by atoms with Crippen molar-refractivity contribution in [2.45, 2.75) is 6.92 Å². The second-order valence-electron chi connectivity index (χ2n) is 2.01. The van der Waals surface area contributed by atoms with Crippen LogP contribution in [0.5, 0.6) is 5.88 Å². The molecule has 0 saturated heterocycles. The lowest BCUT2D eigenvalue weighted by atomic mass is 10.4. The maximum Gasteiger partial charge on any atom is 0.243 e. The van der Waals surface area contributed by atoms with E-state index in [1.807, 2.05) is 6.92 Å². The Hall–Kier alpha value is -1.23.